The molecule has 1 aromatic carbocycles. The van der Waals surface area contributed by atoms with Crippen molar-refractivity contribution in [2.45, 2.75) is 25.7 Å². The van der Waals surface area contributed by atoms with Gasteiger partial charge in [0, 0.05) is 0 Å². The normalized spacial score (nSPS) is 16.8. The van der Waals surface area contributed by atoms with Crippen molar-refractivity contribution in [3.8, 4) is 5.75 Å². The van der Waals surface area contributed by atoms with Crippen LogP contribution in [0.1, 0.15) is 31.2 Å². The summed E-state index contributed by atoms with van der Waals surface area (Å²) in [5.74, 6) is 0.301. The number of aliphatic carboxylic acids is 1. The minimum absolute atomic E-state index is 0.461. The average Bonchev–Trinajstić information content (AvgIpc) is 3.10. The SMILES string of the molecule is CC(C(=O)O)c1ccc(OCC2CC2)cc1. The fourth-order valence-corrected chi connectivity index (χ4v) is 1.49. The second-order valence-corrected chi connectivity index (χ2v) is 4.38. The van der Waals surface area contributed by atoms with Crippen LogP contribution in [0.2, 0.25) is 0 Å². The Morgan fingerprint density at radius 3 is 2.56 bits per heavy atom. The van der Waals surface area contributed by atoms with E-state index in [-0.39, 0.29) is 0 Å². The van der Waals surface area contributed by atoms with Gasteiger partial charge in [-0.25, -0.2) is 0 Å². The van der Waals surface area contributed by atoms with Crippen LogP contribution < -0.4 is 4.74 Å². The van der Waals surface area contributed by atoms with Gasteiger partial charge in [0.1, 0.15) is 5.75 Å². The number of benzene rings is 1. The molecule has 0 heterocycles. The van der Waals surface area contributed by atoms with Crippen molar-refractivity contribution in [2.24, 2.45) is 5.92 Å². The van der Waals surface area contributed by atoms with Crippen molar-refractivity contribution in [2.75, 3.05) is 6.61 Å². The summed E-state index contributed by atoms with van der Waals surface area (Å²) in [5, 5.41) is 8.86. The van der Waals surface area contributed by atoms with E-state index < -0.39 is 11.9 Å². The monoisotopic (exact) mass is 220 g/mol. The predicted molar refractivity (Wildman–Crippen MR) is 60.7 cm³/mol. The maximum absolute atomic E-state index is 10.8. The molecule has 0 spiro atoms. The molecule has 1 N–H and O–H groups in total. The zero-order valence-electron chi connectivity index (χ0n) is 9.35. The first-order valence-electron chi connectivity index (χ1n) is 5.62. The molecule has 1 atom stereocenters. The zero-order valence-corrected chi connectivity index (χ0v) is 9.35. The van der Waals surface area contributed by atoms with E-state index in [1.54, 1.807) is 6.92 Å². The highest BCUT2D eigenvalue weighted by molar-refractivity contribution is 5.75. The highest BCUT2D eigenvalue weighted by Crippen LogP contribution is 2.29. The largest absolute Gasteiger partial charge is 0.493 e. The quantitative estimate of drug-likeness (QED) is 0.829. The van der Waals surface area contributed by atoms with Gasteiger partial charge in [-0.1, -0.05) is 12.1 Å². The summed E-state index contributed by atoms with van der Waals surface area (Å²) in [5.41, 5.74) is 0.811. The molecule has 1 unspecified atom stereocenters. The number of ether oxygens (including phenoxy) is 1. The topological polar surface area (TPSA) is 46.5 Å². The molecule has 1 aliphatic rings. The van der Waals surface area contributed by atoms with Crippen LogP contribution in [-0.4, -0.2) is 17.7 Å². The summed E-state index contributed by atoms with van der Waals surface area (Å²) in [6, 6.07) is 7.33. The lowest BCUT2D eigenvalue weighted by molar-refractivity contribution is -0.138. The summed E-state index contributed by atoms with van der Waals surface area (Å²) in [4.78, 5) is 10.8. The molecule has 3 heteroatoms. The minimum atomic E-state index is -0.799. The van der Waals surface area contributed by atoms with Crippen molar-refractivity contribution >= 4 is 5.97 Å². The van der Waals surface area contributed by atoms with E-state index in [1.807, 2.05) is 24.3 Å². The fourth-order valence-electron chi connectivity index (χ4n) is 1.49. The van der Waals surface area contributed by atoms with Crippen molar-refractivity contribution in [3.05, 3.63) is 29.8 Å². The average molecular weight is 220 g/mol. The van der Waals surface area contributed by atoms with Crippen LogP contribution in [0.3, 0.4) is 0 Å². The van der Waals surface area contributed by atoms with E-state index in [4.69, 9.17) is 9.84 Å². The molecule has 0 radical (unpaired) electrons. The standard InChI is InChI=1S/C13H16O3/c1-9(13(14)15)11-4-6-12(7-5-11)16-8-10-2-3-10/h4-7,9-10H,2-3,8H2,1H3,(H,14,15). The molecule has 0 saturated heterocycles. The maximum atomic E-state index is 10.8. The van der Waals surface area contributed by atoms with Gasteiger partial charge in [-0.15, -0.1) is 0 Å². The van der Waals surface area contributed by atoms with Gasteiger partial charge < -0.3 is 9.84 Å². The molecule has 3 nitrogen and oxygen atoms in total. The van der Waals surface area contributed by atoms with Crippen LogP contribution in [0.4, 0.5) is 0 Å². The second kappa shape index (κ2) is 4.56. The second-order valence-electron chi connectivity index (χ2n) is 4.38. The van der Waals surface area contributed by atoms with E-state index in [1.165, 1.54) is 12.8 Å². The summed E-state index contributed by atoms with van der Waals surface area (Å²) in [6.07, 6.45) is 2.54. The van der Waals surface area contributed by atoms with E-state index in [0.29, 0.717) is 0 Å². The Balaban J connectivity index is 1.94. The van der Waals surface area contributed by atoms with E-state index in [2.05, 4.69) is 0 Å². The molecular weight excluding hydrogens is 204 g/mol. The van der Waals surface area contributed by atoms with E-state index in [0.717, 1.165) is 23.8 Å². The third-order valence-corrected chi connectivity index (χ3v) is 2.93. The Labute approximate surface area is 95.0 Å². The van der Waals surface area contributed by atoms with Crippen LogP contribution in [-0.2, 0) is 4.79 Å². The Hall–Kier alpha value is -1.51. The number of carboxylic acid groups (broad SMARTS) is 1. The first kappa shape index (κ1) is 11.0. The first-order valence-corrected chi connectivity index (χ1v) is 5.62. The number of hydrogen-bond donors (Lipinski definition) is 1. The van der Waals surface area contributed by atoms with Crippen LogP contribution in [0.5, 0.6) is 5.75 Å². The summed E-state index contributed by atoms with van der Waals surface area (Å²) in [7, 11) is 0. The molecule has 86 valence electrons. The third-order valence-electron chi connectivity index (χ3n) is 2.93. The Kier molecular flexibility index (Phi) is 3.13. The predicted octanol–water partition coefficient (Wildman–Crippen LogP) is 2.66. The lowest BCUT2D eigenvalue weighted by atomic mass is 10.0. The van der Waals surface area contributed by atoms with Gasteiger partial charge in [-0.2, -0.15) is 0 Å². The lowest BCUT2D eigenvalue weighted by Crippen LogP contribution is -2.07. The molecule has 0 aliphatic heterocycles. The van der Waals surface area contributed by atoms with Gasteiger partial charge in [-0.3, -0.25) is 4.79 Å². The van der Waals surface area contributed by atoms with Crippen molar-refractivity contribution in [1.29, 1.82) is 0 Å². The number of rotatable bonds is 5. The molecule has 2 rings (SSSR count). The Morgan fingerprint density at radius 1 is 1.44 bits per heavy atom. The number of hydrogen-bond acceptors (Lipinski definition) is 2. The van der Waals surface area contributed by atoms with Crippen molar-refractivity contribution < 1.29 is 14.6 Å². The van der Waals surface area contributed by atoms with Gasteiger partial charge >= 0.3 is 5.97 Å². The zero-order chi connectivity index (χ0) is 11.5. The smallest absolute Gasteiger partial charge is 0.310 e. The number of carboxylic acids is 1. The number of carbonyl (C=O) groups is 1. The van der Waals surface area contributed by atoms with Gasteiger partial charge in [-0.05, 0) is 43.4 Å². The van der Waals surface area contributed by atoms with E-state index in [9.17, 15) is 4.79 Å². The van der Waals surface area contributed by atoms with E-state index >= 15 is 0 Å². The summed E-state index contributed by atoms with van der Waals surface area (Å²) < 4.78 is 5.58. The highest BCUT2D eigenvalue weighted by Gasteiger charge is 2.21. The highest BCUT2D eigenvalue weighted by atomic mass is 16.5. The van der Waals surface area contributed by atoms with Gasteiger partial charge in [0.05, 0.1) is 12.5 Å². The molecule has 0 aromatic heterocycles. The van der Waals surface area contributed by atoms with Crippen LogP contribution >= 0.6 is 0 Å². The Morgan fingerprint density at radius 2 is 2.06 bits per heavy atom. The minimum Gasteiger partial charge on any atom is -0.493 e. The van der Waals surface area contributed by atoms with Crippen molar-refractivity contribution in [1.82, 2.24) is 0 Å². The molecule has 1 fully saturated rings. The molecule has 0 amide bonds. The fraction of sp³-hybridized carbons (Fsp3) is 0.462. The molecule has 16 heavy (non-hydrogen) atoms. The summed E-state index contributed by atoms with van der Waals surface area (Å²) >= 11 is 0. The first-order chi connectivity index (χ1) is 7.66. The maximum Gasteiger partial charge on any atom is 0.310 e. The van der Waals surface area contributed by atoms with Crippen LogP contribution in [0, 0.1) is 5.92 Å². The van der Waals surface area contributed by atoms with Crippen LogP contribution in [0.25, 0.3) is 0 Å². The Bertz CT molecular complexity index is 365. The van der Waals surface area contributed by atoms with Gasteiger partial charge in [0.2, 0.25) is 0 Å². The third kappa shape index (κ3) is 2.75. The molecule has 0 bridgehead atoms. The van der Waals surface area contributed by atoms with Gasteiger partial charge in [0.25, 0.3) is 0 Å². The molecule has 1 saturated carbocycles. The van der Waals surface area contributed by atoms with Crippen molar-refractivity contribution in [3.63, 3.8) is 0 Å². The lowest BCUT2D eigenvalue weighted by Gasteiger charge is -2.08. The van der Waals surface area contributed by atoms with Gasteiger partial charge in [0.15, 0.2) is 0 Å². The summed E-state index contributed by atoms with van der Waals surface area (Å²) in [6.45, 7) is 2.47. The van der Waals surface area contributed by atoms with Crippen LogP contribution in [0.15, 0.2) is 24.3 Å². The molecule has 1 aromatic rings. The molecule has 1 aliphatic carbocycles. The molecular formula is C13H16O3.